The predicted octanol–water partition coefficient (Wildman–Crippen LogP) is 1.17. The van der Waals surface area contributed by atoms with Crippen molar-refractivity contribution < 1.29 is 0 Å². The maximum atomic E-state index is 4.43. The van der Waals surface area contributed by atoms with Gasteiger partial charge in [0.15, 0.2) is 0 Å². The Morgan fingerprint density at radius 2 is 1.88 bits per heavy atom. The van der Waals surface area contributed by atoms with Crippen LogP contribution in [-0.4, -0.2) is 35.5 Å². The highest BCUT2D eigenvalue weighted by Gasteiger charge is 2.07. The summed E-state index contributed by atoms with van der Waals surface area (Å²) in [5.74, 6) is 0. The van der Waals surface area contributed by atoms with Crippen molar-refractivity contribution in [1.82, 2.24) is 20.4 Å². The lowest BCUT2D eigenvalue weighted by Gasteiger charge is -2.09. The van der Waals surface area contributed by atoms with E-state index in [1.165, 1.54) is 11.3 Å². The Labute approximate surface area is 105 Å². The highest BCUT2D eigenvalue weighted by Crippen LogP contribution is 2.11. The van der Waals surface area contributed by atoms with Crippen molar-refractivity contribution in [3.05, 3.63) is 17.0 Å². The predicted molar refractivity (Wildman–Crippen MR) is 72.4 cm³/mol. The van der Waals surface area contributed by atoms with Crippen LogP contribution in [0.25, 0.3) is 0 Å². The zero-order chi connectivity index (χ0) is 12.8. The monoisotopic (exact) mass is 238 g/mol. The van der Waals surface area contributed by atoms with E-state index in [0.717, 1.165) is 31.7 Å². The van der Waals surface area contributed by atoms with Crippen LogP contribution >= 0.6 is 0 Å². The first-order valence-corrected chi connectivity index (χ1v) is 6.45. The molecular weight excluding hydrogens is 212 g/mol. The van der Waals surface area contributed by atoms with Crippen LogP contribution in [0, 0.1) is 13.8 Å². The third-order valence-electron chi connectivity index (χ3n) is 3.07. The van der Waals surface area contributed by atoms with Crippen LogP contribution in [0.1, 0.15) is 30.8 Å². The molecule has 0 unspecified atom stereocenters. The zero-order valence-electron chi connectivity index (χ0n) is 11.8. The van der Waals surface area contributed by atoms with Gasteiger partial charge in [0.05, 0.1) is 5.69 Å². The molecule has 17 heavy (non-hydrogen) atoms. The number of aryl methyl sites for hydroxylation is 2. The van der Waals surface area contributed by atoms with E-state index in [9.17, 15) is 0 Å². The van der Waals surface area contributed by atoms with Crippen LogP contribution in [-0.2, 0) is 13.5 Å². The summed E-state index contributed by atoms with van der Waals surface area (Å²) >= 11 is 0. The minimum atomic E-state index is 0.569. The molecule has 98 valence electrons. The van der Waals surface area contributed by atoms with Crippen molar-refractivity contribution in [3.63, 3.8) is 0 Å². The molecule has 0 aromatic carbocycles. The Balaban J connectivity index is 2.22. The fraction of sp³-hybridized carbons (Fsp3) is 0.769. The first kappa shape index (κ1) is 14.2. The first-order valence-electron chi connectivity index (χ1n) is 6.45. The summed E-state index contributed by atoms with van der Waals surface area (Å²) in [5.41, 5.74) is 3.83. The van der Waals surface area contributed by atoms with E-state index in [1.54, 1.807) is 0 Å². The van der Waals surface area contributed by atoms with Gasteiger partial charge in [0.1, 0.15) is 0 Å². The molecule has 2 N–H and O–H groups in total. The van der Waals surface area contributed by atoms with Gasteiger partial charge in [-0.05, 0) is 32.4 Å². The number of nitrogens with zero attached hydrogens (tertiary/aromatic N) is 2. The molecular formula is C13H26N4. The third-order valence-corrected chi connectivity index (χ3v) is 3.07. The van der Waals surface area contributed by atoms with Crippen LogP contribution in [0.5, 0.6) is 0 Å². The molecule has 1 heterocycles. The summed E-state index contributed by atoms with van der Waals surface area (Å²) in [4.78, 5) is 0. The Morgan fingerprint density at radius 1 is 1.18 bits per heavy atom. The number of rotatable bonds is 7. The lowest BCUT2D eigenvalue weighted by atomic mass is 10.1. The van der Waals surface area contributed by atoms with Gasteiger partial charge in [0.2, 0.25) is 0 Å². The smallest absolute Gasteiger partial charge is 0.0628 e. The van der Waals surface area contributed by atoms with Crippen molar-refractivity contribution in [2.75, 3.05) is 19.6 Å². The third kappa shape index (κ3) is 4.48. The lowest BCUT2D eigenvalue weighted by Crippen LogP contribution is -2.32. The molecule has 0 radical (unpaired) electrons. The van der Waals surface area contributed by atoms with Gasteiger partial charge in [-0.25, -0.2) is 0 Å². The van der Waals surface area contributed by atoms with E-state index in [1.807, 2.05) is 11.7 Å². The van der Waals surface area contributed by atoms with Crippen molar-refractivity contribution in [1.29, 1.82) is 0 Å². The molecule has 4 heteroatoms. The molecule has 0 aliphatic rings. The molecule has 0 amide bonds. The van der Waals surface area contributed by atoms with Crippen LogP contribution in [0.2, 0.25) is 0 Å². The van der Waals surface area contributed by atoms with Crippen molar-refractivity contribution in [3.8, 4) is 0 Å². The van der Waals surface area contributed by atoms with E-state index in [2.05, 4.69) is 43.4 Å². The molecule has 0 saturated heterocycles. The quantitative estimate of drug-likeness (QED) is 0.701. The summed E-state index contributed by atoms with van der Waals surface area (Å²) in [6.45, 7) is 11.6. The normalized spacial score (nSPS) is 11.4. The summed E-state index contributed by atoms with van der Waals surface area (Å²) in [6.07, 6.45) is 1.06. The van der Waals surface area contributed by atoms with Crippen LogP contribution in [0.15, 0.2) is 0 Å². The minimum Gasteiger partial charge on any atom is -0.315 e. The van der Waals surface area contributed by atoms with Crippen LogP contribution in [0.4, 0.5) is 0 Å². The van der Waals surface area contributed by atoms with Gasteiger partial charge in [0.25, 0.3) is 0 Å². The average molecular weight is 238 g/mol. The highest BCUT2D eigenvalue weighted by atomic mass is 15.3. The molecule has 0 fully saturated rings. The van der Waals surface area contributed by atoms with Gasteiger partial charge in [-0.3, -0.25) is 4.68 Å². The summed E-state index contributed by atoms with van der Waals surface area (Å²) < 4.78 is 1.96. The lowest BCUT2D eigenvalue weighted by molar-refractivity contribution is 0.556. The molecule has 0 aliphatic heterocycles. The van der Waals surface area contributed by atoms with E-state index in [0.29, 0.717) is 6.04 Å². The molecule has 1 aromatic heterocycles. The topological polar surface area (TPSA) is 41.9 Å². The second-order valence-electron chi connectivity index (χ2n) is 4.88. The number of hydrogen-bond donors (Lipinski definition) is 2. The molecule has 0 atom stereocenters. The van der Waals surface area contributed by atoms with Crippen molar-refractivity contribution >= 4 is 0 Å². The van der Waals surface area contributed by atoms with Crippen LogP contribution < -0.4 is 10.6 Å². The second-order valence-corrected chi connectivity index (χ2v) is 4.88. The summed E-state index contributed by atoms with van der Waals surface area (Å²) in [5, 5.41) is 11.3. The minimum absolute atomic E-state index is 0.569. The summed E-state index contributed by atoms with van der Waals surface area (Å²) in [6, 6.07) is 0.569. The Bertz CT molecular complexity index is 341. The van der Waals surface area contributed by atoms with E-state index in [-0.39, 0.29) is 0 Å². The van der Waals surface area contributed by atoms with Gasteiger partial charge < -0.3 is 10.6 Å². The van der Waals surface area contributed by atoms with Crippen molar-refractivity contribution in [2.45, 2.75) is 40.2 Å². The van der Waals surface area contributed by atoms with E-state index < -0.39 is 0 Å². The number of aromatic nitrogens is 2. The zero-order valence-corrected chi connectivity index (χ0v) is 11.8. The van der Waals surface area contributed by atoms with E-state index in [4.69, 9.17) is 0 Å². The molecule has 4 nitrogen and oxygen atoms in total. The molecule has 0 spiro atoms. The van der Waals surface area contributed by atoms with Gasteiger partial charge >= 0.3 is 0 Å². The Hall–Kier alpha value is -0.870. The number of nitrogens with one attached hydrogen (secondary N) is 2. The largest absolute Gasteiger partial charge is 0.315 e. The van der Waals surface area contributed by atoms with Gasteiger partial charge in [-0.1, -0.05) is 13.8 Å². The maximum absolute atomic E-state index is 4.43. The Kier molecular flexibility index (Phi) is 5.65. The molecule has 0 saturated carbocycles. The highest BCUT2D eigenvalue weighted by molar-refractivity contribution is 5.24. The van der Waals surface area contributed by atoms with E-state index >= 15 is 0 Å². The molecule has 1 rings (SSSR count). The first-order chi connectivity index (χ1) is 8.02. The molecule has 0 aliphatic carbocycles. The molecule has 0 bridgehead atoms. The van der Waals surface area contributed by atoms with Gasteiger partial charge in [-0.2, -0.15) is 5.10 Å². The summed E-state index contributed by atoms with van der Waals surface area (Å²) in [7, 11) is 2.01. The standard InChI is InChI=1S/C13H26N4/c1-10(2)15-9-8-14-7-6-13-11(3)16-17(5)12(13)4/h10,14-15H,6-9H2,1-5H3. The van der Waals surface area contributed by atoms with Crippen LogP contribution in [0.3, 0.4) is 0 Å². The van der Waals surface area contributed by atoms with Gasteiger partial charge in [0, 0.05) is 31.9 Å². The molecule has 1 aromatic rings. The van der Waals surface area contributed by atoms with Crippen molar-refractivity contribution in [2.24, 2.45) is 7.05 Å². The fourth-order valence-electron chi connectivity index (χ4n) is 1.97. The maximum Gasteiger partial charge on any atom is 0.0628 e. The average Bonchev–Trinajstić information content (AvgIpc) is 2.48. The second kappa shape index (κ2) is 6.77. The Morgan fingerprint density at radius 3 is 2.41 bits per heavy atom. The fourth-order valence-corrected chi connectivity index (χ4v) is 1.97. The number of hydrogen-bond acceptors (Lipinski definition) is 3. The van der Waals surface area contributed by atoms with Gasteiger partial charge in [-0.15, -0.1) is 0 Å². The SMILES string of the molecule is Cc1nn(C)c(C)c1CCNCCNC(C)C.